The molecule has 0 fully saturated rings. The number of unbranched alkanes of at least 4 members (excludes halogenated alkanes) is 1. The summed E-state index contributed by atoms with van der Waals surface area (Å²) in [5, 5.41) is 6.31. The molecule has 0 radical (unpaired) electrons. The molecule has 5 heteroatoms. The molecule has 0 saturated heterocycles. The van der Waals surface area contributed by atoms with Gasteiger partial charge in [0.2, 0.25) is 5.91 Å². The maximum absolute atomic E-state index is 12.4. The Kier molecular flexibility index (Phi) is 19.8. The molecule has 0 aliphatic carbocycles. The summed E-state index contributed by atoms with van der Waals surface area (Å²) in [6, 6.07) is 0. The maximum Gasteiger partial charge on any atom is 0.225 e. The summed E-state index contributed by atoms with van der Waals surface area (Å²) in [5.74, 6) is 0.134. The van der Waals surface area contributed by atoms with Gasteiger partial charge < -0.3 is 20.3 Å². The highest BCUT2D eigenvalue weighted by Crippen LogP contribution is 2.20. The summed E-state index contributed by atoms with van der Waals surface area (Å²) in [7, 11) is 2.00. The quantitative estimate of drug-likeness (QED) is 0.392. The lowest BCUT2D eigenvalue weighted by molar-refractivity contribution is -0.130. The lowest BCUT2D eigenvalue weighted by Crippen LogP contribution is -2.39. The predicted molar refractivity (Wildman–Crippen MR) is 118 cm³/mol. The minimum Gasteiger partial charge on any atom is -0.379 e. The number of rotatable bonds is 16. The first-order valence-corrected chi connectivity index (χ1v) is 11.1. The van der Waals surface area contributed by atoms with E-state index in [1.54, 1.807) is 0 Å². The second-order valence-electron chi connectivity index (χ2n) is 7.82. The fourth-order valence-corrected chi connectivity index (χ4v) is 2.60. The predicted octanol–water partition coefficient (Wildman–Crippen LogP) is 4.07. The lowest BCUT2D eigenvalue weighted by Gasteiger charge is -2.25. The van der Waals surface area contributed by atoms with Gasteiger partial charge in [0.1, 0.15) is 0 Å². The minimum atomic E-state index is -0.371. The molecule has 0 bridgehead atoms. The molecule has 164 valence electrons. The zero-order valence-electron chi connectivity index (χ0n) is 19.6. The Labute approximate surface area is 170 Å². The van der Waals surface area contributed by atoms with Crippen molar-refractivity contribution in [2.24, 2.45) is 5.41 Å². The Morgan fingerprint density at radius 3 is 2.11 bits per heavy atom. The molecule has 5 nitrogen and oxygen atoms in total. The Morgan fingerprint density at radius 2 is 1.59 bits per heavy atom. The molecular formula is C22H49N3O2. The zero-order chi connectivity index (χ0) is 21.1. The SMILES string of the molecule is CC.CCCCN(CCCNC)CCCNC(=O)C(C)(C)CCOC(C)C. The van der Waals surface area contributed by atoms with Crippen molar-refractivity contribution in [1.82, 2.24) is 15.5 Å². The Bertz CT molecular complexity index is 334. The number of nitrogens with zero attached hydrogens (tertiary/aromatic N) is 1. The summed E-state index contributed by atoms with van der Waals surface area (Å²) in [6.45, 7) is 20.1. The lowest BCUT2D eigenvalue weighted by atomic mass is 9.88. The van der Waals surface area contributed by atoms with Gasteiger partial charge in [-0.15, -0.1) is 0 Å². The van der Waals surface area contributed by atoms with Crippen LogP contribution in [0.2, 0.25) is 0 Å². The van der Waals surface area contributed by atoms with E-state index in [1.807, 2.05) is 48.6 Å². The Hall–Kier alpha value is -0.650. The van der Waals surface area contributed by atoms with E-state index >= 15 is 0 Å². The molecule has 2 N–H and O–H groups in total. The molecule has 1 amide bonds. The first-order valence-electron chi connectivity index (χ1n) is 11.1. The number of ether oxygens (including phenoxy) is 1. The molecule has 0 aliphatic rings. The van der Waals surface area contributed by atoms with Crippen LogP contribution < -0.4 is 10.6 Å². The van der Waals surface area contributed by atoms with Crippen LogP contribution in [0, 0.1) is 5.41 Å². The summed E-state index contributed by atoms with van der Waals surface area (Å²) in [4.78, 5) is 14.9. The van der Waals surface area contributed by atoms with Gasteiger partial charge in [-0.1, -0.05) is 41.0 Å². The highest BCUT2D eigenvalue weighted by Gasteiger charge is 2.26. The van der Waals surface area contributed by atoms with Gasteiger partial charge in [-0.3, -0.25) is 4.79 Å². The number of amides is 1. The summed E-state index contributed by atoms with van der Waals surface area (Å²) >= 11 is 0. The largest absolute Gasteiger partial charge is 0.379 e. The van der Waals surface area contributed by atoms with Crippen LogP contribution >= 0.6 is 0 Å². The second kappa shape index (κ2) is 18.7. The van der Waals surface area contributed by atoms with Crippen LogP contribution in [0.1, 0.15) is 80.6 Å². The third-order valence-electron chi connectivity index (χ3n) is 4.46. The van der Waals surface area contributed by atoms with Crippen molar-refractivity contribution >= 4 is 5.91 Å². The van der Waals surface area contributed by atoms with Crippen molar-refractivity contribution in [3.05, 3.63) is 0 Å². The molecule has 0 rings (SSSR count). The van der Waals surface area contributed by atoms with Crippen molar-refractivity contribution in [2.75, 3.05) is 46.4 Å². The van der Waals surface area contributed by atoms with E-state index in [-0.39, 0.29) is 17.4 Å². The van der Waals surface area contributed by atoms with Crippen molar-refractivity contribution < 1.29 is 9.53 Å². The van der Waals surface area contributed by atoms with Gasteiger partial charge in [0.25, 0.3) is 0 Å². The molecule has 0 aliphatic heterocycles. The molecule has 0 heterocycles. The van der Waals surface area contributed by atoms with Crippen LogP contribution in [0.5, 0.6) is 0 Å². The summed E-state index contributed by atoms with van der Waals surface area (Å²) < 4.78 is 5.58. The van der Waals surface area contributed by atoms with Crippen LogP contribution in [0.25, 0.3) is 0 Å². The topological polar surface area (TPSA) is 53.6 Å². The van der Waals surface area contributed by atoms with Gasteiger partial charge in [-0.2, -0.15) is 0 Å². The fraction of sp³-hybridized carbons (Fsp3) is 0.955. The van der Waals surface area contributed by atoms with E-state index in [4.69, 9.17) is 4.74 Å². The number of carbonyl (C=O) groups excluding carboxylic acids is 1. The van der Waals surface area contributed by atoms with Crippen LogP contribution in [0.4, 0.5) is 0 Å². The standard InChI is InChI=1S/C20H43N3O2.C2H6/c1-7-8-14-23(15-9-12-21-6)16-10-13-22-19(24)20(4,5)11-17-25-18(2)3;1-2/h18,21H,7-17H2,1-6H3,(H,22,24);1-2H3. The van der Waals surface area contributed by atoms with Gasteiger partial charge in [0.15, 0.2) is 0 Å². The van der Waals surface area contributed by atoms with E-state index < -0.39 is 0 Å². The minimum absolute atomic E-state index is 0.134. The average Bonchev–Trinajstić information content (AvgIpc) is 2.63. The van der Waals surface area contributed by atoms with E-state index in [2.05, 4.69) is 22.5 Å². The Balaban J connectivity index is 0. The average molecular weight is 388 g/mol. The first-order chi connectivity index (χ1) is 12.8. The molecule has 0 aromatic rings. The normalized spacial score (nSPS) is 11.5. The number of carbonyl (C=O) groups is 1. The highest BCUT2D eigenvalue weighted by molar-refractivity contribution is 5.81. The number of nitrogens with one attached hydrogen (secondary N) is 2. The van der Waals surface area contributed by atoms with Crippen LogP contribution in [0.15, 0.2) is 0 Å². The third kappa shape index (κ3) is 17.2. The molecule has 0 atom stereocenters. The molecule has 0 aromatic carbocycles. The van der Waals surface area contributed by atoms with E-state index in [1.165, 1.54) is 19.3 Å². The summed E-state index contributed by atoms with van der Waals surface area (Å²) in [6.07, 6.45) is 5.63. The highest BCUT2D eigenvalue weighted by atomic mass is 16.5. The van der Waals surface area contributed by atoms with E-state index in [0.717, 1.165) is 45.6 Å². The zero-order valence-corrected chi connectivity index (χ0v) is 19.6. The van der Waals surface area contributed by atoms with Crippen LogP contribution in [-0.4, -0.2) is 63.3 Å². The fourth-order valence-electron chi connectivity index (χ4n) is 2.60. The molecule has 0 spiro atoms. The third-order valence-corrected chi connectivity index (χ3v) is 4.46. The van der Waals surface area contributed by atoms with E-state index in [0.29, 0.717) is 6.61 Å². The van der Waals surface area contributed by atoms with Gasteiger partial charge in [-0.05, 0) is 72.8 Å². The van der Waals surface area contributed by atoms with Crippen molar-refractivity contribution in [3.63, 3.8) is 0 Å². The van der Waals surface area contributed by atoms with Crippen molar-refractivity contribution in [2.45, 2.75) is 86.7 Å². The molecule has 0 aromatic heterocycles. The summed E-state index contributed by atoms with van der Waals surface area (Å²) in [5.41, 5.74) is -0.371. The molecule has 0 saturated carbocycles. The second-order valence-corrected chi connectivity index (χ2v) is 7.82. The first kappa shape index (κ1) is 28.6. The van der Waals surface area contributed by atoms with Crippen LogP contribution in [0.3, 0.4) is 0 Å². The molecular weight excluding hydrogens is 338 g/mol. The van der Waals surface area contributed by atoms with Gasteiger partial charge in [-0.25, -0.2) is 0 Å². The Morgan fingerprint density at radius 1 is 1.04 bits per heavy atom. The van der Waals surface area contributed by atoms with E-state index in [9.17, 15) is 4.79 Å². The van der Waals surface area contributed by atoms with Gasteiger partial charge >= 0.3 is 0 Å². The van der Waals surface area contributed by atoms with Gasteiger partial charge in [0, 0.05) is 18.6 Å². The number of hydrogen-bond donors (Lipinski definition) is 2. The number of hydrogen-bond acceptors (Lipinski definition) is 4. The van der Waals surface area contributed by atoms with Crippen molar-refractivity contribution in [1.29, 1.82) is 0 Å². The van der Waals surface area contributed by atoms with Crippen LogP contribution in [-0.2, 0) is 9.53 Å². The van der Waals surface area contributed by atoms with Crippen molar-refractivity contribution in [3.8, 4) is 0 Å². The molecule has 27 heavy (non-hydrogen) atoms. The monoisotopic (exact) mass is 387 g/mol. The molecule has 0 unspecified atom stereocenters. The van der Waals surface area contributed by atoms with Gasteiger partial charge in [0.05, 0.1) is 6.10 Å². The maximum atomic E-state index is 12.4. The smallest absolute Gasteiger partial charge is 0.225 e.